The molecule has 2 heterocycles. The van der Waals surface area contributed by atoms with Crippen molar-refractivity contribution in [1.29, 1.82) is 0 Å². The van der Waals surface area contributed by atoms with E-state index < -0.39 is 0 Å². The van der Waals surface area contributed by atoms with Gasteiger partial charge in [-0.25, -0.2) is 0 Å². The second-order valence-corrected chi connectivity index (χ2v) is 7.93. The van der Waals surface area contributed by atoms with Crippen LogP contribution in [0.25, 0.3) is 0 Å². The van der Waals surface area contributed by atoms with E-state index in [0.29, 0.717) is 17.9 Å². The van der Waals surface area contributed by atoms with Crippen molar-refractivity contribution in [1.82, 2.24) is 9.80 Å². The predicted octanol–water partition coefficient (Wildman–Crippen LogP) is 3.93. The van der Waals surface area contributed by atoms with Gasteiger partial charge >= 0.3 is 0 Å². The van der Waals surface area contributed by atoms with Crippen molar-refractivity contribution >= 4 is 5.91 Å². The van der Waals surface area contributed by atoms with Gasteiger partial charge in [0.25, 0.3) is 5.91 Å². The Morgan fingerprint density at radius 1 is 1.04 bits per heavy atom. The van der Waals surface area contributed by atoms with E-state index in [1.807, 2.05) is 12.1 Å². The van der Waals surface area contributed by atoms with Gasteiger partial charge in [-0.05, 0) is 55.1 Å². The van der Waals surface area contributed by atoms with Crippen LogP contribution in [0.2, 0.25) is 0 Å². The van der Waals surface area contributed by atoms with Crippen LogP contribution < -0.4 is 0 Å². The molecule has 4 rings (SSSR count). The van der Waals surface area contributed by atoms with E-state index in [4.69, 9.17) is 0 Å². The third-order valence-electron chi connectivity index (χ3n) is 6.30. The maximum atomic E-state index is 13.0. The Kier molecular flexibility index (Phi) is 4.58. The first kappa shape index (κ1) is 17.3. The number of carbonyl (C=O) groups excluding carboxylic acids is 1. The molecule has 2 aliphatic rings. The Hall–Kier alpha value is -2.13. The van der Waals surface area contributed by atoms with E-state index in [1.165, 1.54) is 16.7 Å². The second-order valence-electron chi connectivity index (χ2n) is 7.93. The van der Waals surface area contributed by atoms with Crippen molar-refractivity contribution in [2.45, 2.75) is 26.3 Å². The van der Waals surface area contributed by atoms with Crippen molar-refractivity contribution in [3.05, 3.63) is 70.8 Å². The highest BCUT2D eigenvalue weighted by Gasteiger charge is 2.47. The lowest BCUT2D eigenvalue weighted by molar-refractivity contribution is 0.0768. The van der Waals surface area contributed by atoms with Crippen LogP contribution in [0.15, 0.2) is 48.5 Å². The molecule has 0 saturated carbocycles. The van der Waals surface area contributed by atoms with E-state index in [2.05, 4.69) is 67.1 Å². The number of likely N-dealkylation sites (tertiary alicyclic amines) is 2. The Balaban J connectivity index is 1.54. The fourth-order valence-corrected chi connectivity index (χ4v) is 4.88. The van der Waals surface area contributed by atoms with Crippen LogP contribution in [-0.4, -0.2) is 42.4 Å². The summed E-state index contributed by atoms with van der Waals surface area (Å²) in [7, 11) is 2.23. The van der Waals surface area contributed by atoms with E-state index in [0.717, 1.165) is 31.6 Å². The summed E-state index contributed by atoms with van der Waals surface area (Å²) in [6.07, 6.45) is 1.01. The van der Waals surface area contributed by atoms with Gasteiger partial charge in [0.05, 0.1) is 0 Å². The number of amides is 1. The highest BCUT2D eigenvalue weighted by Crippen LogP contribution is 2.45. The lowest BCUT2D eigenvalue weighted by atomic mass is 9.88. The molecule has 2 aromatic carbocycles. The lowest BCUT2D eigenvalue weighted by Gasteiger charge is -2.28. The van der Waals surface area contributed by atoms with E-state index in [9.17, 15) is 4.79 Å². The first-order valence-corrected chi connectivity index (χ1v) is 9.72. The summed E-state index contributed by atoms with van der Waals surface area (Å²) < 4.78 is 0. The number of carbonyl (C=O) groups is 1. The minimum atomic E-state index is 0.188. The van der Waals surface area contributed by atoms with Crippen LogP contribution in [0.3, 0.4) is 0 Å². The van der Waals surface area contributed by atoms with Crippen molar-refractivity contribution in [3.63, 3.8) is 0 Å². The number of fused-ring (bicyclic) bond motifs is 1. The number of hydrogen-bond acceptors (Lipinski definition) is 2. The van der Waals surface area contributed by atoms with Crippen LogP contribution in [0.1, 0.15) is 40.0 Å². The zero-order chi connectivity index (χ0) is 18.3. The SMILES string of the molecule is CCc1ccc(C(=O)N2C[C@@H]3CN(C)[C@@H](c4ccccc4C)[C@@H]3C2)cc1. The van der Waals surface area contributed by atoms with Gasteiger partial charge in [0.1, 0.15) is 0 Å². The summed E-state index contributed by atoms with van der Waals surface area (Å²) in [5.41, 5.74) is 4.87. The van der Waals surface area contributed by atoms with Gasteiger partial charge in [-0.2, -0.15) is 0 Å². The Morgan fingerprint density at radius 3 is 2.46 bits per heavy atom. The maximum absolute atomic E-state index is 13.0. The average molecular weight is 348 g/mol. The van der Waals surface area contributed by atoms with Crippen LogP contribution >= 0.6 is 0 Å². The Labute approximate surface area is 156 Å². The predicted molar refractivity (Wildman–Crippen MR) is 105 cm³/mol. The quantitative estimate of drug-likeness (QED) is 0.839. The monoisotopic (exact) mass is 348 g/mol. The molecule has 0 aromatic heterocycles. The fraction of sp³-hybridized carbons (Fsp3) is 0.435. The number of hydrogen-bond donors (Lipinski definition) is 0. The highest BCUT2D eigenvalue weighted by molar-refractivity contribution is 5.94. The molecular weight excluding hydrogens is 320 g/mol. The molecule has 3 atom stereocenters. The summed E-state index contributed by atoms with van der Waals surface area (Å²) in [5.74, 6) is 1.29. The third kappa shape index (κ3) is 2.95. The molecule has 2 fully saturated rings. The number of aryl methyl sites for hydroxylation is 2. The third-order valence-corrected chi connectivity index (χ3v) is 6.30. The van der Waals surface area contributed by atoms with Crippen molar-refractivity contribution < 1.29 is 4.79 Å². The van der Waals surface area contributed by atoms with Gasteiger partial charge in [-0.15, -0.1) is 0 Å². The Bertz CT molecular complexity index is 798. The molecule has 0 radical (unpaired) electrons. The maximum Gasteiger partial charge on any atom is 0.253 e. The largest absolute Gasteiger partial charge is 0.338 e. The van der Waals surface area contributed by atoms with Crippen LogP contribution in [0.4, 0.5) is 0 Å². The highest BCUT2D eigenvalue weighted by atomic mass is 16.2. The molecule has 3 nitrogen and oxygen atoms in total. The fourth-order valence-electron chi connectivity index (χ4n) is 4.88. The summed E-state index contributed by atoms with van der Waals surface area (Å²) >= 11 is 0. The zero-order valence-corrected chi connectivity index (χ0v) is 16.0. The average Bonchev–Trinajstić information content (AvgIpc) is 3.19. The van der Waals surface area contributed by atoms with Crippen molar-refractivity contribution in [3.8, 4) is 0 Å². The number of rotatable bonds is 3. The zero-order valence-electron chi connectivity index (χ0n) is 16.0. The van der Waals surface area contributed by atoms with Gasteiger partial charge in [0.2, 0.25) is 0 Å². The molecule has 0 N–H and O–H groups in total. The molecule has 1 amide bonds. The van der Waals surface area contributed by atoms with Crippen LogP contribution in [0.5, 0.6) is 0 Å². The van der Waals surface area contributed by atoms with Crippen LogP contribution in [-0.2, 0) is 6.42 Å². The van der Waals surface area contributed by atoms with E-state index in [1.54, 1.807) is 0 Å². The van der Waals surface area contributed by atoms with E-state index >= 15 is 0 Å². The van der Waals surface area contributed by atoms with Crippen LogP contribution in [0, 0.1) is 18.8 Å². The van der Waals surface area contributed by atoms with Gasteiger partial charge < -0.3 is 4.90 Å². The molecule has 2 aromatic rings. The molecule has 2 aliphatic heterocycles. The Morgan fingerprint density at radius 2 is 1.77 bits per heavy atom. The standard InChI is InChI=1S/C23H28N2O/c1-4-17-9-11-18(12-10-17)23(26)25-14-19-13-24(3)22(21(19)15-25)20-8-6-5-7-16(20)2/h5-12,19,21-22H,4,13-15H2,1-3H3/t19-,21+,22-/m0/s1. The van der Waals surface area contributed by atoms with E-state index in [-0.39, 0.29) is 5.91 Å². The topological polar surface area (TPSA) is 23.6 Å². The molecule has 0 bridgehead atoms. The normalized spacial score (nSPS) is 25.5. The van der Waals surface area contributed by atoms with Gasteiger partial charge in [-0.1, -0.05) is 43.3 Å². The summed E-state index contributed by atoms with van der Waals surface area (Å²) in [4.78, 5) is 17.5. The van der Waals surface area contributed by atoms with Gasteiger partial charge in [-0.3, -0.25) is 9.69 Å². The first-order valence-electron chi connectivity index (χ1n) is 9.72. The lowest BCUT2D eigenvalue weighted by Crippen LogP contribution is -2.33. The molecule has 0 unspecified atom stereocenters. The number of nitrogens with zero attached hydrogens (tertiary/aromatic N) is 2. The molecule has 0 aliphatic carbocycles. The second kappa shape index (κ2) is 6.88. The first-order chi connectivity index (χ1) is 12.6. The molecule has 0 spiro atoms. The van der Waals surface area contributed by atoms with Gasteiger partial charge in [0, 0.05) is 37.2 Å². The molecule has 136 valence electrons. The summed E-state index contributed by atoms with van der Waals surface area (Å²) in [6, 6.07) is 17.2. The molecule has 2 saturated heterocycles. The molecule has 26 heavy (non-hydrogen) atoms. The number of benzene rings is 2. The van der Waals surface area contributed by atoms with Gasteiger partial charge in [0.15, 0.2) is 0 Å². The smallest absolute Gasteiger partial charge is 0.253 e. The summed E-state index contributed by atoms with van der Waals surface area (Å²) in [6.45, 7) is 7.15. The van der Waals surface area contributed by atoms with Crippen molar-refractivity contribution in [2.75, 3.05) is 26.7 Å². The molecule has 3 heteroatoms. The minimum Gasteiger partial charge on any atom is -0.338 e. The molecular formula is C23H28N2O. The minimum absolute atomic E-state index is 0.188. The van der Waals surface area contributed by atoms with Crippen molar-refractivity contribution in [2.24, 2.45) is 11.8 Å². The summed E-state index contributed by atoms with van der Waals surface area (Å²) in [5, 5.41) is 0.